The van der Waals surface area contributed by atoms with E-state index in [0.29, 0.717) is 6.61 Å². The Labute approximate surface area is 86.7 Å². The Hall–Kier alpha value is 0.0274. The molecule has 0 spiro atoms. The molecule has 0 saturated heterocycles. The number of carbonyl (C=O) groups is 1. The molecular weight excluding hydrogens is 151 g/mol. The second-order valence-electron chi connectivity index (χ2n) is 2.15. The zero-order valence-electron chi connectivity index (χ0n) is 8.30. The minimum Gasteiger partial charge on any atom is -0.480 e. The van der Waals surface area contributed by atoms with Gasteiger partial charge in [-0.2, -0.15) is 0 Å². The van der Waals surface area contributed by atoms with Crippen LogP contribution in [-0.2, 0) is 9.53 Å². The zero-order chi connectivity index (χ0) is 7.82. The maximum atomic E-state index is 9.91. The maximum Gasteiger partial charge on any atom is 1.00 e. The third-order valence-electron chi connectivity index (χ3n) is 1.12. The van der Waals surface area contributed by atoms with Gasteiger partial charge in [-0.05, 0) is 6.42 Å². The van der Waals surface area contributed by atoms with Gasteiger partial charge in [0.2, 0.25) is 0 Å². The van der Waals surface area contributed by atoms with E-state index in [0.717, 1.165) is 19.3 Å². The Morgan fingerprint density at radius 1 is 1.42 bits per heavy atom. The predicted octanol–water partition coefficient (Wildman–Crippen LogP) is -1.27. The molecule has 0 rings (SSSR count). The van der Waals surface area contributed by atoms with Crippen molar-refractivity contribution >= 4 is 5.97 Å². The smallest absolute Gasteiger partial charge is 0.480 e. The maximum absolute atomic E-state index is 9.91. The summed E-state index contributed by atoms with van der Waals surface area (Å²) in [5.74, 6) is -0.892. The van der Waals surface area contributed by atoms with E-state index in [4.69, 9.17) is 9.84 Å². The minimum atomic E-state index is -0.892. The van der Waals surface area contributed by atoms with Gasteiger partial charge in [0, 0.05) is 6.61 Å². The minimum absolute atomic E-state index is 0. The van der Waals surface area contributed by atoms with Crippen molar-refractivity contribution in [2.24, 2.45) is 0 Å². The Morgan fingerprint density at radius 2 is 2.00 bits per heavy atom. The average Bonchev–Trinajstić information content (AvgIpc) is 1.87. The van der Waals surface area contributed by atoms with Crippen LogP contribution in [0.1, 0.15) is 26.2 Å². The second-order valence-corrected chi connectivity index (χ2v) is 2.15. The molecule has 0 fully saturated rings. The summed E-state index contributed by atoms with van der Waals surface area (Å²) in [5, 5.41) is 8.15. The molecule has 0 heterocycles. The van der Waals surface area contributed by atoms with Crippen molar-refractivity contribution in [3.05, 3.63) is 7.43 Å². The number of carboxylic acid groups (broad SMARTS) is 1. The number of unbranched alkanes of at least 4 members (excludes halogenated alkanes) is 2. The van der Waals surface area contributed by atoms with Crippen LogP contribution in [-0.4, -0.2) is 24.3 Å². The van der Waals surface area contributed by atoms with Crippen molar-refractivity contribution in [1.82, 2.24) is 0 Å². The van der Waals surface area contributed by atoms with Crippen LogP contribution in [0.25, 0.3) is 0 Å². The molecule has 0 aromatic heterocycles. The largest absolute Gasteiger partial charge is 1.00 e. The van der Waals surface area contributed by atoms with E-state index in [9.17, 15) is 4.79 Å². The van der Waals surface area contributed by atoms with E-state index in [-0.39, 0.29) is 32.9 Å². The van der Waals surface area contributed by atoms with E-state index in [2.05, 4.69) is 6.92 Å². The first kappa shape index (κ1) is 17.9. The second kappa shape index (κ2) is 13.6. The summed E-state index contributed by atoms with van der Waals surface area (Å²) in [7, 11) is 0. The fraction of sp³-hybridized carbons (Fsp3) is 0.750. The SMILES string of the molecule is CCCCCOCC(=O)O.[CH3-].[Li+]. The molecule has 0 amide bonds. The molecule has 0 radical (unpaired) electrons. The molecule has 4 heteroatoms. The third-order valence-corrected chi connectivity index (χ3v) is 1.12. The summed E-state index contributed by atoms with van der Waals surface area (Å²) in [6.07, 6.45) is 3.21. The van der Waals surface area contributed by atoms with Gasteiger partial charge in [0.15, 0.2) is 0 Å². The number of ether oxygens (including phenoxy) is 1. The normalized spacial score (nSPS) is 8.08. The Morgan fingerprint density at radius 3 is 2.42 bits per heavy atom. The Balaban J connectivity index is -0.000000405. The van der Waals surface area contributed by atoms with E-state index in [1.165, 1.54) is 0 Å². The molecule has 0 aromatic carbocycles. The van der Waals surface area contributed by atoms with Gasteiger partial charge in [0.1, 0.15) is 6.61 Å². The van der Waals surface area contributed by atoms with Gasteiger partial charge in [-0.3, -0.25) is 0 Å². The van der Waals surface area contributed by atoms with Crippen LogP contribution in [0.15, 0.2) is 0 Å². The number of aliphatic carboxylic acids is 1. The standard InChI is InChI=1S/C7H14O3.CH3.Li/c1-2-3-4-5-10-6-7(8)9;;/h2-6H2,1H3,(H,8,9);1H3;/q;-1;+1. The predicted molar refractivity (Wildman–Crippen MR) is 44.4 cm³/mol. The van der Waals surface area contributed by atoms with Gasteiger partial charge in [-0.1, -0.05) is 19.8 Å². The summed E-state index contributed by atoms with van der Waals surface area (Å²) >= 11 is 0. The van der Waals surface area contributed by atoms with Crippen LogP contribution in [0.3, 0.4) is 0 Å². The molecule has 0 unspecified atom stereocenters. The molecule has 0 aromatic rings. The average molecular weight is 168 g/mol. The summed E-state index contributed by atoms with van der Waals surface area (Å²) in [6, 6.07) is 0. The van der Waals surface area contributed by atoms with E-state index < -0.39 is 5.97 Å². The van der Waals surface area contributed by atoms with Crippen LogP contribution < -0.4 is 18.9 Å². The first-order valence-corrected chi connectivity index (χ1v) is 3.57. The van der Waals surface area contributed by atoms with Crippen molar-refractivity contribution in [2.75, 3.05) is 13.2 Å². The topological polar surface area (TPSA) is 46.5 Å². The van der Waals surface area contributed by atoms with Crippen molar-refractivity contribution in [2.45, 2.75) is 26.2 Å². The molecule has 1 N–H and O–H groups in total. The molecule has 0 saturated carbocycles. The van der Waals surface area contributed by atoms with Crippen molar-refractivity contribution < 1.29 is 33.5 Å². The summed E-state index contributed by atoms with van der Waals surface area (Å²) < 4.78 is 4.80. The number of rotatable bonds is 6. The first-order chi connectivity index (χ1) is 4.77. The van der Waals surface area contributed by atoms with E-state index in [1.807, 2.05) is 0 Å². The van der Waals surface area contributed by atoms with Gasteiger partial charge in [0.05, 0.1) is 0 Å². The molecule has 68 valence electrons. The third kappa shape index (κ3) is 16.5. The quantitative estimate of drug-likeness (QED) is 0.305. The first-order valence-electron chi connectivity index (χ1n) is 3.57. The molecule has 0 aliphatic heterocycles. The van der Waals surface area contributed by atoms with Crippen LogP contribution in [0, 0.1) is 7.43 Å². The van der Waals surface area contributed by atoms with Crippen molar-refractivity contribution in [1.29, 1.82) is 0 Å². The molecule has 0 aliphatic rings. The number of hydrogen-bond donors (Lipinski definition) is 1. The molecule has 12 heavy (non-hydrogen) atoms. The summed E-state index contributed by atoms with van der Waals surface area (Å²) in [6.45, 7) is 2.50. The van der Waals surface area contributed by atoms with Gasteiger partial charge in [0.25, 0.3) is 0 Å². The van der Waals surface area contributed by atoms with Crippen LogP contribution in [0.4, 0.5) is 0 Å². The number of hydrogen-bond acceptors (Lipinski definition) is 2. The fourth-order valence-electron chi connectivity index (χ4n) is 0.614. The summed E-state index contributed by atoms with van der Waals surface area (Å²) in [4.78, 5) is 9.91. The Bertz CT molecular complexity index is 96.3. The number of carboxylic acids is 1. The van der Waals surface area contributed by atoms with Gasteiger partial charge in [-0.25, -0.2) is 4.79 Å². The van der Waals surface area contributed by atoms with Crippen LogP contribution in [0.2, 0.25) is 0 Å². The Kier molecular flexibility index (Phi) is 20.3. The van der Waals surface area contributed by atoms with Gasteiger partial charge < -0.3 is 17.3 Å². The molecule has 3 nitrogen and oxygen atoms in total. The fourth-order valence-corrected chi connectivity index (χ4v) is 0.614. The summed E-state index contributed by atoms with van der Waals surface area (Å²) in [5.41, 5.74) is 0. The van der Waals surface area contributed by atoms with Crippen molar-refractivity contribution in [3.8, 4) is 0 Å². The zero-order valence-corrected chi connectivity index (χ0v) is 8.30. The molecule has 0 aliphatic carbocycles. The van der Waals surface area contributed by atoms with Crippen LogP contribution >= 0.6 is 0 Å². The van der Waals surface area contributed by atoms with E-state index >= 15 is 0 Å². The van der Waals surface area contributed by atoms with E-state index in [1.54, 1.807) is 0 Å². The molecule has 0 atom stereocenters. The van der Waals surface area contributed by atoms with Gasteiger partial charge >= 0.3 is 24.8 Å². The monoisotopic (exact) mass is 168 g/mol. The molecule has 0 bridgehead atoms. The molecular formula is C8H17LiO3. The van der Waals surface area contributed by atoms with Gasteiger partial charge in [-0.15, -0.1) is 0 Å². The van der Waals surface area contributed by atoms with Crippen molar-refractivity contribution in [3.63, 3.8) is 0 Å². The van der Waals surface area contributed by atoms with Crippen LogP contribution in [0.5, 0.6) is 0 Å².